The van der Waals surface area contributed by atoms with Gasteiger partial charge in [0, 0.05) is 18.1 Å². The highest BCUT2D eigenvalue weighted by Crippen LogP contribution is 2.32. The van der Waals surface area contributed by atoms with Crippen LogP contribution in [0.4, 0.5) is 0 Å². The molecule has 2 aromatic rings. The highest BCUT2D eigenvalue weighted by atomic mass is 35.5. The van der Waals surface area contributed by atoms with E-state index in [0.717, 1.165) is 30.2 Å². The lowest BCUT2D eigenvalue weighted by Gasteiger charge is -2.29. The Bertz CT molecular complexity index is 858. The third kappa shape index (κ3) is 3.12. The third-order valence-corrected chi connectivity index (χ3v) is 5.47. The lowest BCUT2D eigenvalue weighted by Crippen LogP contribution is -2.33. The molecule has 2 aromatic carbocycles. The molecule has 0 saturated carbocycles. The molecule has 2 aliphatic rings. The van der Waals surface area contributed by atoms with Crippen molar-refractivity contribution in [2.45, 2.75) is 13.0 Å². The van der Waals surface area contributed by atoms with Crippen LogP contribution in [0.5, 0.6) is 0 Å². The van der Waals surface area contributed by atoms with Gasteiger partial charge in [0.25, 0.3) is 5.91 Å². The average molecular weight is 355 g/mol. The first-order valence-electron chi connectivity index (χ1n) is 7.79. The van der Waals surface area contributed by atoms with Gasteiger partial charge in [-0.2, -0.15) is 4.99 Å². The van der Waals surface area contributed by atoms with E-state index in [1.165, 1.54) is 22.9 Å². The number of thioether (sulfide) groups is 1. The van der Waals surface area contributed by atoms with E-state index in [9.17, 15) is 4.79 Å². The van der Waals surface area contributed by atoms with Gasteiger partial charge < -0.3 is 4.90 Å². The maximum atomic E-state index is 12.2. The largest absolute Gasteiger partial charge is 0.346 e. The van der Waals surface area contributed by atoms with E-state index in [-0.39, 0.29) is 5.91 Å². The first-order valence-corrected chi connectivity index (χ1v) is 8.98. The Morgan fingerprint density at radius 3 is 2.62 bits per heavy atom. The molecule has 0 atom stereocenters. The standard InChI is InChI=1S/C19H15ClN2OS/c20-16-7-5-13(6-8-16)11-17-18(23)21-19(24-17)22-10-9-14-3-1-2-4-15(14)12-22/h1-8,11H,9-10,12H2/b17-11-. The SMILES string of the molecule is O=C1N=C(N2CCc3ccccc3C2)S/C1=C\c1ccc(Cl)cc1. The van der Waals surface area contributed by atoms with Crippen LogP contribution in [-0.2, 0) is 17.8 Å². The summed E-state index contributed by atoms with van der Waals surface area (Å²) in [5.74, 6) is -0.163. The molecule has 5 heteroatoms. The molecule has 0 spiro atoms. The molecule has 0 bridgehead atoms. The van der Waals surface area contributed by atoms with Gasteiger partial charge in [-0.1, -0.05) is 48.0 Å². The molecule has 2 heterocycles. The summed E-state index contributed by atoms with van der Waals surface area (Å²) in [4.78, 5) is 19.3. The lowest BCUT2D eigenvalue weighted by atomic mass is 10.0. The van der Waals surface area contributed by atoms with Crippen LogP contribution < -0.4 is 0 Å². The number of benzene rings is 2. The number of carbonyl (C=O) groups is 1. The van der Waals surface area contributed by atoms with E-state index < -0.39 is 0 Å². The molecule has 24 heavy (non-hydrogen) atoms. The molecule has 2 aliphatic heterocycles. The van der Waals surface area contributed by atoms with Crippen molar-refractivity contribution in [3.05, 3.63) is 75.1 Å². The molecule has 1 amide bonds. The molecule has 0 fully saturated rings. The van der Waals surface area contributed by atoms with Crippen LogP contribution in [0.25, 0.3) is 6.08 Å². The van der Waals surface area contributed by atoms with Crippen molar-refractivity contribution in [2.24, 2.45) is 4.99 Å². The highest BCUT2D eigenvalue weighted by Gasteiger charge is 2.28. The monoisotopic (exact) mass is 354 g/mol. The van der Waals surface area contributed by atoms with Crippen molar-refractivity contribution in [3.63, 3.8) is 0 Å². The van der Waals surface area contributed by atoms with E-state index >= 15 is 0 Å². The zero-order valence-electron chi connectivity index (χ0n) is 12.9. The second kappa shape index (κ2) is 6.46. The zero-order valence-corrected chi connectivity index (χ0v) is 14.5. The van der Waals surface area contributed by atoms with Gasteiger partial charge in [-0.25, -0.2) is 0 Å². The normalized spacial score (nSPS) is 18.7. The zero-order chi connectivity index (χ0) is 16.5. The summed E-state index contributed by atoms with van der Waals surface area (Å²) in [5.41, 5.74) is 3.66. The van der Waals surface area contributed by atoms with Crippen LogP contribution in [0.15, 0.2) is 58.4 Å². The fourth-order valence-electron chi connectivity index (χ4n) is 2.90. The molecule has 0 unspecified atom stereocenters. The molecule has 0 aliphatic carbocycles. The number of nitrogens with zero attached hydrogens (tertiary/aromatic N) is 2. The Balaban J connectivity index is 1.52. The Labute approximate surface area is 150 Å². The number of amidine groups is 1. The van der Waals surface area contributed by atoms with Crippen LogP contribution in [0, 0.1) is 0 Å². The molecule has 4 rings (SSSR count). The van der Waals surface area contributed by atoms with Gasteiger partial charge in [-0.3, -0.25) is 4.79 Å². The first-order chi connectivity index (χ1) is 11.7. The van der Waals surface area contributed by atoms with Gasteiger partial charge in [0.05, 0.1) is 4.91 Å². The summed E-state index contributed by atoms with van der Waals surface area (Å²) in [6.07, 6.45) is 2.86. The van der Waals surface area contributed by atoms with Crippen molar-refractivity contribution in [3.8, 4) is 0 Å². The van der Waals surface area contributed by atoms with E-state index in [4.69, 9.17) is 11.6 Å². The quantitative estimate of drug-likeness (QED) is 0.713. The predicted octanol–water partition coefficient (Wildman–Crippen LogP) is 4.37. The topological polar surface area (TPSA) is 32.7 Å². The van der Waals surface area contributed by atoms with Gasteiger partial charge in [0.1, 0.15) is 0 Å². The van der Waals surface area contributed by atoms with Gasteiger partial charge in [0.15, 0.2) is 5.17 Å². The van der Waals surface area contributed by atoms with Gasteiger partial charge >= 0.3 is 0 Å². The molecule has 0 radical (unpaired) electrons. The van der Waals surface area contributed by atoms with Crippen LogP contribution in [0.1, 0.15) is 16.7 Å². The van der Waals surface area contributed by atoms with Crippen LogP contribution in [0.3, 0.4) is 0 Å². The third-order valence-electron chi connectivity index (χ3n) is 4.18. The summed E-state index contributed by atoms with van der Waals surface area (Å²) < 4.78 is 0. The number of halogens is 1. The highest BCUT2D eigenvalue weighted by molar-refractivity contribution is 8.18. The van der Waals surface area contributed by atoms with E-state index in [1.54, 1.807) is 0 Å². The molecule has 0 N–H and O–H groups in total. The van der Waals surface area contributed by atoms with Crippen LogP contribution in [-0.4, -0.2) is 22.5 Å². The minimum Gasteiger partial charge on any atom is -0.346 e. The minimum absolute atomic E-state index is 0.163. The number of carbonyl (C=O) groups excluding carboxylic acids is 1. The van der Waals surface area contributed by atoms with Gasteiger partial charge in [0.2, 0.25) is 0 Å². The summed E-state index contributed by atoms with van der Waals surface area (Å²) in [7, 11) is 0. The summed E-state index contributed by atoms with van der Waals surface area (Å²) >= 11 is 7.35. The van der Waals surface area contributed by atoms with E-state index in [0.29, 0.717) is 9.93 Å². The number of fused-ring (bicyclic) bond motifs is 1. The number of hydrogen-bond acceptors (Lipinski definition) is 3. The summed E-state index contributed by atoms with van der Waals surface area (Å²) in [5, 5.41) is 1.49. The van der Waals surface area contributed by atoms with Crippen molar-refractivity contribution in [2.75, 3.05) is 6.54 Å². The minimum atomic E-state index is -0.163. The van der Waals surface area contributed by atoms with E-state index in [1.807, 2.05) is 30.3 Å². The second-order valence-electron chi connectivity index (χ2n) is 5.80. The summed E-state index contributed by atoms with van der Waals surface area (Å²) in [6.45, 7) is 1.70. The van der Waals surface area contributed by atoms with Crippen molar-refractivity contribution in [1.29, 1.82) is 0 Å². The van der Waals surface area contributed by atoms with E-state index in [2.05, 4.69) is 34.2 Å². The lowest BCUT2D eigenvalue weighted by molar-refractivity contribution is -0.113. The maximum Gasteiger partial charge on any atom is 0.286 e. The maximum absolute atomic E-state index is 12.2. The molecule has 0 saturated heterocycles. The van der Waals surface area contributed by atoms with Gasteiger partial charge in [-0.15, -0.1) is 0 Å². The predicted molar refractivity (Wildman–Crippen MR) is 100 cm³/mol. The Morgan fingerprint density at radius 1 is 1.08 bits per heavy atom. The fourth-order valence-corrected chi connectivity index (χ4v) is 3.97. The molecular formula is C19H15ClN2OS. The second-order valence-corrected chi connectivity index (χ2v) is 7.25. The van der Waals surface area contributed by atoms with Gasteiger partial charge in [-0.05, 0) is 53.1 Å². The molecule has 0 aromatic heterocycles. The number of rotatable bonds is 1. The molecule has 120 valence electrons. The van der Waals surface area contributed by atoms with Crippen molar-refractivity contribution >= 4 is 40.5 Å². The smallest absolute Gasteiger partial charge is 0.286 e. The van der Waals surface area contributed by atoms with Crippen molar-refractivity contribution < 1.29 is 4.79 Å². The Kier molecular flexibility index (Phi) is 4.17. The number of amides is 1. The first kappa shape index (κ1) is 15.5. The average Bonchev–Trinajstić information content (AvgIpc) is 2.97. The Hall–Kier alpha value is -2.04. The number of hydrogen-bond donors (Lipinski definition) is 0. The fraction of sp³-hybridized carbons (Fsp3) is 0.158. The van der Waals surface area contributed by atoms with Crippen LogP contribution >= 0.6 is 23.4 Å². The van der Waals surface area contributed by atoms with Crippen molar-refractivity contribution in [1.82, 2.24) is 4.90 Å². The Morgan fingerprint density at radius 2 is 1.83 bits per heavy atom. The van der Waals surface area contributed by atoms with Crippen LogP contribution in [0.2, 0.25) is 5.02 Å². The molecule has 3 nitrogen and oxygen atoms in total. The molecular weight excluding hydrogens is 340 g/mol. The number of aliphatic imine (C=N–C) groups is 1. The summed E-state index contributed by atoms with van der Waals surface area (Å²) in [6, 6.07) is 15.9.